The van der Waals surface area contributed by atoms with Gasteiger partial charge >= 0.3 is 153 Å². The molecule has 7 heteroatoms. The Morgan fingerprint density at radius 3 is 1.93 bits per heavy atom. The molecule has 166 valence electrons. The number of hydrogen-bond acceptors (Lipinski definition) is 5. The molecule has 0 saturated heterocycles. The second-order valence-electron chi connectivity index (χ2n) is 7.85. The molecule has 1 aromatic carbocycles. The van der Waals surface area contributed by atoms with Gasteiger partial charge in [0.1, 0.15) is 0 Å². The van der Waals surface area contributed by atoms with E-state index in [-0.39, 0.29) is 11.0 Å². The fraction of sp³-hybridized carbons (Fsp3) is 0.727. The van der Waals surface area contributed by atoms with Crippen LogP contribution in [0.1, 0.15) is 97.0 Å². The Morgan fingerprint density at radius 1 is 0.862 bits per heavy atom. The number of rotatable bonds is 17. The molecule has 5 nitrogen and oxygen atoms in total. The molecule has 0 aliphatic heterocycles. The van der Waals surface area contributed by atoms with E-state index in [0.717, 1.165) is 18.4 Å². The molecule has 0 amide bonds. The first kappa shape index (κ1) is 26.6. The Kier molecular flexibility index (Phi) is 14.2. The Balaban J connectivity index is 2.36. The second kappa shape index (κ2) is 15.4. The fourth-order valence-electron chi connectivity index (χ4n) is 3.28. The molecule has 0 aliphatic carbocycles. The number of benzene rings is 1. The number of aryl methyl sites for hydroxylation is 1. The van der Waals surface area contributed by atoms with Crippen molar-refractivity contribution in [3.63, 3.8) is 0 Å². The van der Waals surface area contributed by atoms with Crippen molar-refractivity contribution in [3.05, 3.63) is 29.8 Å². The van der Waals surface area contributed by atoms with E-state index >= 15 is 0 Å². The summed E-state index contributed by atoms with van der Waals surface area (Å²) in [5, 5.41) is 0. The normalized spacial score (nSPS) is 11.9. The van der Waals surface area contributed by atoms with Gasteiger partial charge < -0.3 is 0 Å². The quantitative estimate of drug-likeness (QED) is 0.196. The standard InChI is InChI=1S/C19H32O3S.C3H7O.O.Ti/c1-2-3-4-5-6-7-8-9-10-11-12-15-18-16-13-14-17-19(18)23(20,21)22;1-3(2)4;;/h13-14,16-17H,2-12,15H2,1H3,(H,20,21,22);3H,1-2H3;;/q;-1;;+2/p-1. The van der Waals surface area contributed by atoms with Crippen molar-refractivity contribution in [1.29, 1.82) is 0 Å². The van der Waals surface area contributed by atoms with Gasteiger partial charge in [0.2, 0.25) is 0 Å². The van der Waals surface area contributed by atoms with E-state index in [9.17, 15) is 11.7 Å². The zero-order chi connectivity index (χ0) is 21.5. The van der Waals surface area contributed by atoms with E-state index in [2.05, 4.69) is 6.92 Å². The first-order chi connectivity index (χ1) is 13.9. The van der Waals surface area contributed by atoms with E-state index in [4.69, 9.17) is 6.08 Å². The van der Waals surface area contributed by atoms with E-state index in [1.165, 1.54) is 63.9 Å². The van der Waals surface area contributed by atoms with E-state index < -0.39 is 28.7 Å². The minimum atomic E-state index is -4.06. The van der Waals surface area contributed by atoms with Crippen molar-refractivity contribution in [2.24, 2.45) is 0 Å². The van der Waals surface area contributed by atoms with Crippen molar-refractivity contribution in [2.45, 2.75) is 109 Å². The summed E-state index contributed by atoms with van der Waals surface area (Å²) in [6, 6.07) is 6.81. The summed E-state index contributed by atoms with van der Waals surface area (Å²) >= 11 is -3.76. The SMILES string of the molecule is CCCCCCCCCCCCCc1ccccc1S(=O)(=O)[O][Ti](=[O])[O]C(C)C. The Hall–Kier alpha value is -0.396. The molecular weight excluding hydrogens is 424 g/mol. The topological polar surface area (TPSA) is 69.7 Å². The molecule has 0 spiro atoms. The zero-order valence-electron chi connectivity index (χ0n) is 18.3. The third kappa shape index (κ3) is 12.1. The molecule has 1 aromatic rings. The summed E-state index contributed by atoms with van der Waals surface area (Å²) in [5.41, 5.74) is 0.721. The van der Waals surface area contributed by atoms with Crippen LogP contribution < -0.4 is 0 Å². The third-order valence-electron chi connectivity index (χ3n) is 4.80. The first-order valence-corrected chi connectivity index (χ1v) is 14.4. The van der Waals surface area contributed by atoms with Gasteiger partial charge in [0, 0.05) is 0 Å². The van der Waals surface area contributed by atoms with Crippen molar-refractivity contribution in [1.82, 2.24) is 0 Å². The molecule has 0 aromatic heterocycles. The van der Waals surface area contributed by atoms with Gasteiger partial charge in [-0.2, -0.15) is 0 Å². The minimum absolute atomic E-state index is 0.111. The molecule has 0 atom stereocenters. The van der Waals surface area contributed by atoms with Gasteiger partial charge in [-0.25, -0.2) is 0 Å². The summed E-state index contributed by atoms with van der Waals surface area (Å²) < 4.78 is 46.7. The summed E-state index contributed by atoms with van der Waals surface area (Å²) in [7, 11) is -4.06. The van der Waals surface area contributed by atoms with Crippen molar-refractivity contribution >= 4 is 10.1 Å². The van der Waals surface area contributed by atoms with E-state index in [0.29, 0.717) is 6.42 Å². The molecule has 0 N–H and O–H groups in total. The first-order valence-electron chi connectivity index (χ1n) is 11.1. The van der Waals surface area contributed by atoms with Crippen LogP contribution in [0.2, 0.25) is 0 Å². The average Bonchev–Trinajstić information content (AvgIpc) is 2.65. The van der Waals surface area contributed by atoms with Gasteiger partial charge in [-0.1, -0.05) is 32.6 Å². The molecule has 0 unspecified atom stereocenters. The third-order valence-corrected chi connectivity index (χ3v) is 8.80. The second-order valence-corrected chi connectivity index (χ2v) is 11.3. The summed E-state index contributed by atoms with van der Waals surface area (Å²) in [5.74, 6) is 0. The average molecular weight is 462 g/mol. The van der Waals surface area contributed by atoms with Crippen LogP contribution in [0.3, 0.4) is 0 Å². The van der Waals surface area contributed by atoms with Crippen molar-refractivity contribution < 1.29 is 36.4 Å². The van der Waals surface area contributed by atoms with Crippen LogP contribution in [0.5, 0.6) is 0 Å². The maximum atomic E-state index is 12.5. The van der Waals surface area contributed by atoms with Crippen molar-refractivity contribution in [2.75, 3.05) is 0 Å². The van der Waals surface area contributed by atoms with E-state index in [1.54, 1.807) is 26.0 Å². The van der Waals surface area contributed by atoms with Gasteiger partial charge in [-0.3, -0.25) is 0 Å². The van der Waals surface area contributed by atoms with Crippen LogP contribution in [0.4, 0.5) is 0 Å². The summed E-state index contributed by atoms with van der Waals surface area (Å²) in [6.07, 6.45) is 14.1. The molecule has 1 rings (SSSR count). The molecule has 29 heavy (non-hydrogen) atoms. The zero-order valence-corrected chi connectivity index (χ0v) is 20.7. The van der Waals surface area contributed by atoms with Gasteiger partial charge in [-0.15, -0.1) is 0 Å². The monoisotopic (exact) mass is 462 g/mol. The predicted molar refractivity (Wildman–Crippen MR) is 112 cm³/mol. The summed E-state index contributed by atoms with van der Waals surface area (Å²) in [4.78, 5) is 0.111. The number of hydrogen-bond donors (Lipinski definition) is 0. The van der Waals surface area contributed by atoms with E-state index in [1.807, 2.05) is 6.07 Å². The molecule has 0 bridgehead atoms. The number of unbranched alkanes of at least 4 members (excludes halogenated alkanes) is 10. The summed E-state index contributed by atoms with van der Waals surface area (Å²) in [6.45, 7) is 5.63. The molecule has 0 fully saturated rings. The maximum absolute atomic E-state index is 12.5. The van der Waals surface area contributed by atoms with Gasteiger partial charge in [0.05, 0.1) is 0 Å². The van der Waals surface area contributed by atoms with Crippen LogP contribution in [0.25, 0.3) is 0 Å². The Bertz CT molecular complexity index is 688. The van der Waals surface area contributed by atoms with Crippen LogP contribution in [-0.2, 0) is 44.6 Å². The van der Waals surface area contributed by atoms with Crippen LogP contribution in [0.15, 0.2) is 29.2 Å². The molecule has 0 heterocycles. The van der Waals surface area contributed by atoms with Crippen LogP contribution in [0, 0.1) is 0 Å². The molecule has 0 radical (unpaired) electrons. The molecule has 0 aliphatic rings. The van der Waals surface area contributed by atoms with Gasteiger partial charge in [0.25, 0.3) is 0 Å². The van der Waals surface area contributed by atoms with Crippen LogP contribution >= 0.6 is 0 Å². The predicted octanol–water partition coefficient (Wildman–Crippen LogP) is 6.46. The Morgan fingerprint density at radius 2 is 1.38 bits per heavy atom. The van der Waals surface area contributed by atoms with Crippen molar-refractivity contribution in [3.8, 4) is 0 Å². The molecular formula is C22H38O5STi. The van der Waals surface area contributed by atoms with Gasteiger partial charge in [0.15, 0.2) is 0 Å². The molecule has 0 saturated carbocycles. The fourth-order valence-corrected chi connectivity index (χ4v) is 6.37. The Labute approximate surface area is 184 Å². The van der Waals surface area contributed by atoms with Gasteiger partial charge in [-0.05, 0) is 0 Å². The van der Waals surface area contributed by atoms with Crippen LogP contribution in [-0.4, -0.2) is 14.5 Å².